The number of H-pyrrole nitrogens is 1. The minimum atomic E-state index is 0.807. The highest BCUT2D eigenvalue weighted by atomic mass is 32.1. The number of hydrogen-bond acceptors (Lipinski definition) is 6. The van der Waals surface area contributed by atoms with Crippen LogP contribution in [0.15, 0.2) is 30.3 Å². The fraction of sp³-hybridized carbons (Fsp3) is 0.294. The zero-order chi connectivity index (χ0) is 17.2. The minimum absolute atomic E-state index is 0.807. The summed E-state index contributed by atoms with van der Waals surface area (Å²) in [5.74, 6) is 1.74. The largest absolute Gasteiger partial charge is 0.497 e. The third kappa shape index (κ3) is 3.00. The van der Waals surface area contributed by atoms with Crippen LogP contribution in [0.4, 0.5) is 0 Å². The van der Waals surface area contributed by atoms with E-state index in [0.717, 1.165) is 57.8 Å². The van der Waals surface area contributed by atoms with E-state index in [9.17, 15) is 0 Å². The SMILES string of the molecule is CCCCc1nnc2sc(-c3cc(-c4ccc(OC)cc4)n[nH]3)nn12. The molecule has 0 saturated carbocycles. The van der Waals surface area contributed by atoms with E-state index >= 15 is 0 Å². The van der Waals surface area contributed by atoms with E-state index in [-0.39, 0.29) is 0 Å². The molecule has 0 amide bonds. The lowest BCUT2D eigenvalue weighted by Gasteiger charge is -1.99. The predicted octanol–water partition coefficient (Wildman–Crippen LogP) is 3.59. The normalized spacial score (nSPS) is 11.3. The van der Waals surface area contributed by atoms with Crippen molar-refractivity contribution in [3.8, 4) is 27.7 Å². The van der Waals surface area contributed by atoms with Crippen LogP contribution in [0, 0.1) is 0 Å². The molecule has 3 aromatic heterocycles. The average molecular weight is 354 g/mol. The Bertz CT molecular complexity index is 984. The summed E-state index contributed by atoms with van der Waals surface area (Å²) in [5.41, 5.74) is 2.77. The van der Waals surface area contributed by atoms with Gasteiger partial charge in [0.25, 0.3) is 0 Å². The lowest BCUT2D eigenvalue weighted by molar-refractivity contribution is 0.415. The Kier molecular flexibility index (Phi) is 4.19. The standard InChI is InChI=1S/C17H18N6OS/c1-3-4-5-15-20-21-17-23(15)22-16(25-17)14-10-13(18-19-14)11-6-8-12(24-2)9-7-11/h6-10H,3-5H2,1-2H3,(H,18,19). The van der Waals surface area contributed by atoms with Crippen molar-refractivity contribution in [1.82, 2.24) is 30.0 Å². The average Bonchev–Trinajstić information content (AvgIpc) is 3.35. The van der Waals surface area contributed by atoms with Crippen molar-refractivity contribution in [2.45, 2.75) is 26.2 Å². The van der Waals surface area contributed by atoms with E-state index in [4.69, 9.17) is 4.74 Å². The zero-order valence-corrected chi connectivity index (χ0v) is 14.9. The number of aromatic amines is 1. The Morgan fingerprint density at radius 1 is 1.20 bits per heavy atom. The second-order valence-electron chi connectivity index (χ2n) is 5.72. The molecule has 7 nitrogen and oxygen atoms in total. The van der Waals surface area contributed by atoms with Gasteiger partial charge in [0, 0.05) is 12.0 Å². The van der Waals surface area contributed by atoms with Crippen molar-refractivity contribution in [2.24, 2.45) is 0 Å². The van der Waals surface area contributed by atoms with Crippen molar-refractivity contribution in [2.75, 3.05) is 7.11 Å². The Balaban J connectivity index is 1.62. The number of nitrogens with zero attached hydrogens (tertiary/aromatic N) is 5. The van der Waals surface area contributed by atoms with Gasteiger partial charge in [0.1, 0.15) is 5.75 Å². The summed E-state index contributed by atoms with van der Waals surface area (Å²) in [6.07, 6.45) is 3.10. The Labute approximate surface area is 148 Å². The molecule has 1 aromatic carbocycles. The molecule has 1 N–H and O–H groups in total. The van der Waals surface area contributed by atoms with Gasteiger partial charge in [-0.25, -0.2) is 0 Å². The molecule has 0 bridgehead atoms. The van der Waals surface area contributed by atoms with Crippen LogP contribution in [0.2, 0.25) is 0 Å². The highest BCUT2D eigenvalue weighted by Crippen LogP contribution is 2.28. The van der Waals surface area contributed by atoms with E-state index in [0.29, 0.717) is 0 Å². The molecule has 0 atom stereocenters. The van der Waals surface area contributed by atoms with Crippen molar-refractivity contribution in [1.29, 1.82) is 0 Å². The van der Waals surface area contributed by atoms with Crippen LogP contribution in [0.5, 0.6) is 5.75 Å². The number of methoxy groups -OCH3 is 1. The van der Waals surface area contributed by atoms with Crippen LogP contribution < -0.4 is 4.74 Å². The summed E-state index contributed by atoms with van der Waals surface area (Å²) in [6, 6.07) is 9.82. The summed E-state index contributed by atoms with van der Waals surface area (Å²) in [7, 11) is 1.66. The topological polar surface area (TPSA) is 81.0 Å². The number of benzene rings is 1. The first-order chi connectivity index (χ1) is 12.3. The number of nitrogens with one attached hydrogen (secondary N) is 1. The van der Waals surface area contributed by atoms with Crippen LogP contribution in [-0.4, -0.2) is 37.1 Å². The van der Waals surface area contributed by atoms with Gasteiger partial charge in [-0.05, 0) is 36.8 Å². The van der Waals surface area contributed by atoms with Crippen LogP contribution in [0.3, 0.4) is 0 Å². The smallest absolute Gasteiger partial charge is 0.235 e. The summed E-state index contributed by atoms with van der Waals surface area (Å²) in [5, 5.41) is 21.4. The molecule has 3 heterocycles. The van der Waals surface area contributed by atoms with Crippen molar-refractivity contribution in [3.63, 3.8) is 0 Å². The van der Waals surface area contributed by atoms with Gasteiger partial charge in [0.05, 0.1) is 18.5 Å². The second kappa shape index (κ2) is 6.64. The van der Waals surface area contributed by atoms with E-state index < -0.39 is 0 Å². The molecule has 0 radical (unpaired) electrons. The molecule has 0 unspecified atom stereocenters. The summed E-state index contributed by atoms with van der Waals surface area (Å²) >= 11 is 1.51. The molecule has 128 valence electrons. The minimum Gasteiger partial charge on any atom is -0.497 e. The molecule has 0 saturated heterocycles. The Morgan fingerprint density at radius 3 is 2.80 bits per heavy atom. The quantitative estimate of drug-likeness (QED) is 0.572. The van der Waals surface area contributed by atoms with Gasteiger partial charge in [-0.3, -0.25) is 5.10 Å². The van der Waals surface area contributed by atoms with E-state index in [1.807, 2.05) is 34.8 Å². The van der Waals surface area contributed by atoms with E-state index in [1.54, 1.807) is 7.11 Å². The van der Waals surface area contributed by atoms with Crippen LogP contribution in [0.1, 0.15) is 25.6 Å². The number of aryl methyl sites for hydroxylation is 1. The molecule has 25 heavy (non-hydrogen) atoms. The predicted molar refractivity (Wildman–Crippen MR) is 96.8 cm³/mol. The molecule has 0 aliphatic heterocycles. The first-order valence-electron chi connectivity index (χ1n) is 8.20. The fourth-order valence-electron chi connectivity index (χ4n) is 2.60. The number of rotatable bonds is 6. The number of hydrogen-bond donors (Lipinski definition) is 1. The van der Waals surface area contributed by atoms with E-state index in [1.165, 1.54) is 11.3 Å². The van der Waals surface area contributed by atoms with Gasteiger partial charge >= 0.3 is 0 Å². The summed E-state index contributed by atoms with van der Waals surface area (Å²) in [6.45, 7) is 2.16. The third-order valence-electron chi connectivity index (χ3n) is 4.00. The molecular formula is C17H18N6OS. The summed E-state index contributed by atoms with van der Waals surface area (Å²) < 4.78 is 7.03. The maximum absolute atomic E-state index is 5.19. The first-order valence-corrected chi connectivity index (χ1v) is 9.01. The van der Waals surface area contributed by atoms with Crippen LogP contribution in [-0.2, 0) is 6.42 Å². The molecule has 0 spiro atoms. The number of aromatic nitrogens is 6. The van der Waals surface area contributed by atoms with Gasteiger partial charge in [-0.2, -0.15) is 14.7 Å². The molecule has 0 aliphatic rings. The van der Waals surface area contributed by atoms with Gasteiger partial charge in [-0.15, -0.1) is 10.2 Å². The van der Waals surface area contributed by atoms with Gasteiger partial charge in [0.2, 0.25) is 4.96 Å². The van der Waals surface area contributed by atoms with Gasteiger partial charge in [-0.1, -0.05) is 24.7 Å². The lowest BCUT2D eigenvalue weighted by atomic mass is 10.1. The lowest BCUT2D eigenvalue weighted by Crippen LogP contribution is -1.96. The second-order valence-corrected chi connectivity index (χ2v) is 6.67. The molecule has 8 heteroatoms. The van der Waals surface area contributed by atoms with Gasteiger partial charge < -0.3 is 4.74 Å². The third-order valence-corrected chi connectivity index (χ3v) is 4.94. The zero-order valence-electron chi connectivity index (χ0n) is 14.1. The molecule has 0 fully saturated rings. The van der Waals surface area contributed by atoms with Crippen molar-refractivity contribution in [3.05, 3.63) is 36.2 Å². The van der Waals surface area contributed by atoms with Gasteiger partial charge in [0.15, 0.2) is 10.8 Å². The monoisotopic (exact) mass is 354 g/mol. The molecular weight excluding hydrogens is 336 g/mol. The highest BCUT2D eigenvalue weighted by Gasteiger charge is 2.15. The van der Waals surface area contributed by atoms with Crippen molar-refractivity contribution >= 4 is 16.3 Å². The fourth-order valence-corrected chi connectivity index (χ4v) is 3.42. The summed E-state index contributed by atoms with van der Waals surface area (Å²) in [4.78, 5) is 0.807. The van der Waals surface area contributed by atoms with Crippen LogP contribution in [0.25, 0.3) is 26.9 Å². The van der Waals surface area contributed by atoms with Crippen molar-refractivity contribution < 1.29 is 4.74 Å². The Morgan fingerprint density at radius 2 is 2.04 bits per heavy atom. The number of ether oxygens (including phenoxy) is 1. The number of unbranched alkanes of at least 4 members (excludes halogenated alkanes) is 1. The highest BCUT2D eigenvalue weighted by molar-refractivity contribution is 7.19. The molecule has 4 rings (SSSR count). The maximum Gasteiger partial charge on any atom is 0.235 e. The maximum atomic E-state index is 5.19. The molecule has 0 aliphatic carbocycles. The number of fused-ring (bicyclic) bond motifs is 1. The Hall–Kier alpha value is -2.74. The first kappa shape index (κ1) is 15.8. The van der Waals surface area contributed by atoms with Crippen LogP contribution >= 0.6 is 11.3 Å². The molecule has 4 aromatic rings. The van der Waals surface area contributed by atoms with E-state index in [2.05, 4.69) is 32.4 Å².